The Bertz CT molecular complexity index is 391. The van der Waals surface area contributed by atoms with Crippen molar-refractivity contribution in [1.29, 1.82) is 0 Å². The van der Waals surface area contributed by atoms with Gasteiger partial charge in [0.25, 0.3) is 0 Å². The lowest BCUT2D eigenvalue weighted by Crippen LogP contribution is -2.21. The fraction of sp³-hybridized carbons (Fsp3) is 0.500. The van der Waals surface area contributed by atoms with Crippen LogP contribution in [0.2, 0.25) is 0 Å². The Morgan fingerprint density at radius 1 is 1.13 bits per heavy atom. The molecule has 0 spiro atoms. The Balaban J connectivity index is 1.90. The number of fused-ring (bicyclic) bond motifs is 2. The van der Waals surface area contributed by atoms with Gasteiger partial charge < -0.3 is 5.32 Å². The molecule has 1 aromatic rings. The molecule has 0 aliphatic carbocycles. The first-order valence-electron chi connectivity index (χ1n) is 5.45. The molecular formula is C12H13F2N. The monoisotopic (exact) mass is 209 g/mol. The van der Waals surface area contributed by atoms with Crippen molar-refractivity contribution in [3.05, 3.63) is 35.4 Å². The topological polar surface area (TPSA) is 12.0 Å². The van der Waals surface area contributed by atoms with Gasteiger partial charge in [0.1, 0.15) is 0 Å². The van der Waals surface area contributed by atoms with Crippen LogP contribution >= 0.6 is 0 Å². The van der Waals surface area contributed by atoms with E-state index in [9.17, 15) is 8.78 Å². The molecule has 2 fully saturated rings. The summed E-state index contributed by atoms with van der Waals surface area (Å²) in [6.07, 6.45) is 3.45. The summed E-state index contributed by atoms with van der Waals surface area (Å²) < 4.78 is 25.9. The van der Waals surface area contributed by atoms with Crippen molar-refractivity contribution >= 4 is 0 Å². The van der Waals surface area contributed by atoms with E-state index in [2.05, 4.69) is 5.32 Å². The molecule has 2 bridgehead atoms. The van der Waals surface area contributed by atoms with E-state index in [0.29, 0.717) is 18.0 Å². The minimum absolute atomic E-state index is 0.374. The maximum Gasteiger partial charge on any atom is 0.159 e. The lowest BCUT2D eigenvalue weighted by molar-refractivity contribution is 0.486. The molecule has 0 amide bonds. The summed E-state index contributed by atoms with van der Waals surface area (Å²) in [7, 11) is 0. The van der Waals surface area contributed by atoms with E-state index in [1.54, 1.807) is 6.07 Å². The van der Waals surface area contributed by atoms with Gasteiger partial charge in [-0.3, -0.25) is 0 Å². The lowest BCUT2D eigenvalue weighted by Gasteiger charge is -2.20. The molecule has 2 heterocycles. The van der Waals surface area contributed by atoms with Crippen molar-refractivity contribution in [3.63, 3.8) is 0 Å². The zero-order chi connectivity index (χ0) is 10.4. The van der Waals surface area contributed by atoms with Crippen LogP contribution in [0.1, 0.15) is 30.7 Å². The average molecular weight is 209 g/mol. The summed E-state index contributed by atoms with van der Waals surface area (Å²) in [5, 5.41) is 3.49. The second-order valence-corrected chi connectivity index (χ2v) is 4.56. The van der Waals surface area contributed by atoms with Gasteiger partial charge in [0.2, 0.25) is 0 Å². The van der Waals surface area contributed by atoms with Crippen LogP contribution < -0.4 is 5.32 Å². The number of halogens is 2. The highest BCUT2D eigenvalue weighted by Gasteiger charge is 2.39. The van der Waals surface area contributed by atoms with E-state index in [-0.39, 0.29) is 0 Å². The minimum Gasteiger partial charge on any atom is -0.311 e. The van der Waals surface area contributed by atoms with Gasteiger partial charge in [0, 0.05) is 18.0 Å². The van der Waals surface area contributed by atoms with E-state index < -0.39 is 11.6 Å². The van der Waals surface area contributed by atoms with Crippen LogP contribution in [-0.2, 0) is 0 Å². The summed E-state index contributed by atoms with van der Waals surface area (Å²) >= 11 is 0. The van der Waals surface area contributed by atoms with Crippen LogP contribution in [0.15, 0.2) is 18.2 Å². The van der Waals surface area contributed by atoms with E-state index in [1.807, 2.05) is 0 Å². The second kappa shape index (κ2) is 3.27. The van der Waals surface area contributed by atoms with E-state index >= 15 is 0 Å². The van der Waals surface area contributed by atoms with Crippen LogP contribution in [0, 0.1) is 11.6 Å². The van der Waals surface area contributed by atoms with Crippen molar-refractivity contribution in [3.8, 4) is 0 Å². The van der Waals surface area contributed by atoms with Crippen LogP contribution in [0.25, 0.3) is 0 Å². The number of benzene rings is 1. The molecule has 3 heteroatoms. The van der Waals surface area contributed by atoms with Gasteiger partial charge in [-0.05, 0) is 37.0 Å². The highest BCUT2D eigenvalue weighted by Crippen LogP contribution is 2.40. The van der Waals surface area contributed by atoms with Gasteiger partial charge in [-0.15, -0.1) is 0 Å². The third-order valence-corrected chi connectivity index (χ3v) is 3.67. The number of hydrogen-bond donors (Lipinski definition) is 1. The molecule has 3 atom stereocenters. The summed E-state index contributed by atoms with van der Waals surface area (Å²) in [4.78, 5) is 0. The molecule has 0 radical (unpaired) electrons. The van der Waals surface area contributed by atoms with E-state index in [0.717, 1.165) is 18.4 Å². The Morgan fingerprint density at radius 2 is 2.00 bits per heavy atom. The average Bonchev–Trinajstić information content (AvgIpc) is 2.83. The number of rotatable bonds is 1. The molecule has 80 valence electrons. The van der Waals surface area contributed by atoms with Gasteiger partial charge in [0.15, 0.2) is 11.6 Å². The molecule has 0 saturated carbocycles. The standard InChI is InChI=1S/C12H13F2N/c13-10-3-1-7(5-11(10)14)9-6-8-2-4-12(9)15-8/h1,3,5,8-9,12,15H,2,4,6H2/t8?,9-,12?/m1/s1. The van der Waals surface area contributed by atoms with Gasteiger partial charge in [0.05, 0.1) is 0 Å². The number of nitrogens with one attached hydrogen (secondary N) is 1. The Morgan fingerprint density at radius 3 is 2.60 bits per heavy atom. The Hall–Kier alpha value is -0.960. The maximum atomic E-state index is 13.1. The van der Waals surface area contributed by atoms with Gasteiger partial charge in [-0.1, -0.05) is 6.07 Å². The fourth-order valence-corrected chi connectivity index (χ4v) is 2.94. The maximum absolute atomic E-state index is 13.1. The fourth-order valence-electron chi connectivity index (χ4n) is 2.94. The SMILES string of the molecule is Fc1ccc([C@H]2CC3CCC2N3)cc1F. The largest absolute Gasteiger partial charge is 0.311 e. The van der Waals surface area contributed by atoms with Gasteiger partial charge >= 0.3 is 0 Å². The van der Waals surface area contributed by atoms with E-state index in [1.165, 1.54) is 18.6 Å². The molecule has 1 aromatic carbocycles. The van der Waals surface area contributed by atoms with Crippen LogP contribution in [0.4, 0.5) is 8.78 Å². The summed E-state index contributed by atoms with van der Waals surface area (Å²) in [6, 6.07) is 5.36. The summed E-state index contributed by atoms with van der Waals surface area (Å²) in [5.74, 6) is -1.11. The molecular weight excluding hydrogens is 196 g/mol. The molecule has 2 unspecified atom stereocenters. The molecule has 2 saturated heterocycles. The molecule has 15 heavy (non-hydrogen) atoms. The van der Waals surface area contributed by atoms with Crippen LogP contribution in [0.3, 0.4) is 0 Å². The summed E-state index contributed by atoms with van der Waals surface area (Å²) in [6.45, 7) is 0. The normalized spacial score (nSPS) is 33.6. The van der Waals surface area contributed by atoms with Crippen LogP contribution in [0.5, 0.6) is 0 Å². The molecule has 1 nitrogen and oxygen atoms in total. The third kappa shape index (κ3) is 1.46. The first-order chi connectivity index (χ1) is 7.24. The lowest BCUT2D eigenvalue weighted by atomic mass is 9.84. The summed E-state index contributed by atoms with van der Waals surface area (Å²) in [5.41, 5.74) is 0.939. The predicted octanol–water partition coefficient (Wildman–Crippen LogP) is 2.57. The van der Waals surface area contributed by atoms with Crippen molar-refractivity contribution in [2.75, 3.05) is 0 Å². The Labute approximate surface area is 87.5 Å². The minimum atomic E-state index is -0.755. The number of hydrogen-bond acceptors (Lipinski definition) is 1. The van der Waals surface area contributed by atoms with Crippen molar-refractivity contribution < 1.29 is 8.78 Å². The van der Waals surface area contributed by atoms with Gasteiger partial charge in [-0.25, -0.2) is 8.78 Å². The van der Waals surface area contributed by atoms with Crippen molar-refractivity contribution in [2.45, 2.75) is 37.3 Å². The third-order valence-electron chi connectivity index (χ3n) is 3.67. The molecule has 3 rings (SSSR count). The highest BCUT2D eigenvalue weighted by atomic mass is 19.2. The molecule has 2 aliphatic rings. The Kier molecular flexibility index (Phi) is 2.02. The smallest absolute Gasteiger partial charge is 0.159 e. The second-order valence-electron chi connectivity index (χ2n) is 4.56. The molecule has 1 N–H and O–H groups in total. The molecule has 0 aromatic heterocycles. The predicted molar refractivity (Wildman–Crippen MR) is 53.7 cm³/mol. The van der Waals surface area contributed by atoms with Crippen LogP contribution in [-0.4, -0.2) is 12.1 Å². The first kappa shape index (κ1) is 9.28. The zero-order valence-electron chi connectivity index (χ0n) is 8.34. The van der Waals surface area contributed by atoms with Crippen molar-refractivity contribution in [2.24, 2.45) is 0 Å². The molecule has 2 aliphatic heterocycles. The zero-order valence-corrected chi connectivity index (χ0v) is 8.34. The van der Waals surface area contributed by atoms with Crippen molar-refractivity contribution in [1.82, 2.24) is 5.32 Å². The van der Waals surface area contributed by atoms with E-state index in [4.69, 9.17) is 0 Å². The van der Waals surface area contributed by atoms with Gasteiger partial charge in [-0.2, -0.15) is 0 Å². The first-order valence-corrected chi connectivity index (χ1v) is 5.45. The highest BCUT2D eigenvalue weighted by molar-refractivity contribution is 5.26. The quantitative estimate of drug-likeness (QED) is 0.749.